The molecule has 0 bridgehead atoms. The van der Waals surface area contributed by atoms with Gasteiger partial charge in [-0.15, -0.1) is 6.58 Å². The predicted molar refractivity (Wildman–Crippen MR) is 92.6 cm³/mol. The summed E-state index contributed by atoms with van der Waals surface area (Å²) in [6, 6.07) is 5.32. The second-order valence-corrected chi connectivity index (χ2v) is 8.40. The van der Waals surface area contributed by atoms with Gasteiger partial charge in [-0.3, -0.25) is 0 Å². The van der Waals surface area contributed by atoms with Crippen LogP contribution >= 0.6 is 11.8 Å². The van der Waals surface area contributed by atoms with Crippen LogP contribution in [-0.4, -0.2) is 11.0 Å². The summed E-state index contributed by atoms with van der Waals surface area (Å²) in [6.07, 6.45) is 0.372. The van der Waals surface area contributed by atoms with Crippen molar-refractivity contribution in [3.63, 3.8) is 0 Å². The lowest BCUT2D eigenvalue weighted by atomic mass is 9.81. The Bertz CT molecular complexity index is 451. The summed E-state index contributed by atoms with van der Waals surface area (Å²) in [7, 11) is 0. The minimum Gasteiger partial charge on any atom is -0.166 e. The van der Waals surface area contributed by atoms with Crippen LogP contribution in [0.15, 0.2) is 36.9 Å². The van der Waals surface area contributed by atoms with Crippen molar-refractivity contribution < 1.29 is 13.2 Å². The average Bonchev–Trinajstić information content (AvgIpc) is 2.38. The second-order valence-electron chi connectivity index (χ2n) is 6.77. The Hall–Kier alpha value is -0.900. The third kappa shape index (κ3) is 7.92. The second kappa shape index (κ2) is 8.09. The Labute approximate surface area is 137 Å². The van der Waals surface area contributed by atoms with Crippen molar-refractivity contribution >= 4 is 11.8 Å². The zero-order valence-electron chi connectivity index (χ0n) is 14.3. The first-order valence-corrected chi connectivity index (χ1v) is 8.40. The molecule has 0 aliphatic carbocycles. The van der Waals surface area contributed by atoms with E-state index in [1.807, 2.05) is 25.6 Å². The van der Waals surface area contributed by atoms with Crippen LogP contribution in [0.5, 0.6) is 0 Å². The zero-order valence-corrected chi connectivity index (χ0v) is 15.2. The molecule has 0 aliphatic heterocycles. The molecule has 0 radical (unpaired) electrons. The van der Waals surface area contributed by atoms with Crippen molar-refractivity contribution in [2.45, 2.75) is 57.4 Å². The monoisotopic (exact) mass is 332 g/mol. The summed E-state index contributed by atoms with van der Waals surface area (Å²) >= 11 is 1.88. The lowest BCUT2D eigenvalue weighted by molar-refractivity contribution is -0.137. The van der Waals surface area contributed by atoms with E-state index < -0.39 is 11.7 Å². The molecule has 0 fully saturated rings. The summed E-state index contributed by atoms with van der Waals surface area (Å²) in [5.74, 6) is 0. The highest BCUT2D eigenvalue weighted by molar-refractivity contribution is 7.99. The van der Waals surface area contributed by atoms with Gasteiger partial charge in [0, 0.05) is 4.75 Å². The number of benzene rings is 1. The van der Waals surface area contributed by atoms with Gasteiger partial charge in [0.2, 0.25) is 0 Å². The molecule has 0 N–H and O–H groups in total. The maximum absolute atomic E-state index is 12.3. The Balaban J connectivity index is 0.000000626. The Morgan fingerprint density at radius 3 is 1.59 bits per heavy atom. The van der Waals surface area contributed by atoms with Gasteiger partial charge in [0.1, 0.15) is 0 Å². The van der Waals surface area contributed by atoms with Gasteiger partial charge in [0.25, 0.3) is 0 Å². The normalized spacial score (nSPS) is 12.4. The fourth-order valence-corrected chi connectivity index (χ4v) is 1.59. The van der Waals surface area contributed by atoms with E-state index in [4.69, 9.17) is 0 Å². The molecular weight excluding hydrogens is 305 g/mol. The summed E-state index contributed by atoms with van der Waals surface area (Å²) < 4.78 is 37.5. The van der Waals surface area contributed by atoms with Gasteiger partial charge in [-0.05, 0) is 35.8 Å². The number of hydrogen-bond donors (Lipinski definition) is 0. The van der Waals surface area contributed by atoms with E-state index in [1.165, 1.54) is 12.1 Å². The summed E-state index contributed by atoms with van der Waals surface area (Å²) in [5, 5.41) is 0. The van der Waals surface area contributed by atoms with Crippen molar-refractivity contribution in [2.24, 2.45) is 0 Å². The van der Waals surface area contributed by atoms with Gasteiger partial charge in [0.15, 0.2) is 0 Å². The van der Waals surface area contributed by atoms with Crippen LogP contribution in [0, 0.1) is 0 Å². The van der Waals surface area contributed by atoms with Gasteiger partial charge in [-0.1, -0.05) is 52.8 Å². The van der Waals surface area contributed by atoms with Gasteiger partial charge in [-0.25, -0.2) is 0 Å². The number of rotatable bonds is 3. The van der Waals surface area contributed by atoms with E-state index in [0.29, 0.717) is 4.75 Å². The quantitative estimate of drug-likeness (QED) is 0.554. The summed E-state index contributed by atoms with van der Waals surface area (Å²) in [6.45, 7) is 14.2. The molecule has 0 saturated carbocycles. The number of allylic oxidation sites excluding steroid dienone is 1. The number of thioether (sulfide) groups is 1. The molecule has 0 unspecified atom stereocenters. The molecule has 126 valence electrons. The molecule has 0 nitrogen and oxygen atoms in total. The van der Waals surface area contributed by atoms with Crippen molar-refractivity contribution in [1.29, 1.82) is 0 Å². The lowest BCUT2D eigenvalue weighted by Gasteiger charge is -2.24. The lowest BCUT2D eigenvalue weighted by Crippen LogP contribution is -2.16. The Kier molecular flexibility index (Phi) is 7.76. The van der Waals surface area contributed by atoms with E-state index in [1.54, 1.807) is 6.08 Å². The first-order valence-electron chi connectivity index (χ1n) is 7.17. The highest BCUT2D eigenvalue weighted by atomic mass is 32.2. The molecule has 1 aromatic rings. The third-order valence-electron chi connectivity index (χ3n) is 3.26. The van der Waals surface area contributed by atoms with Crippen LogP contribution in [0.2, 0.25) is 0 Å². The van der Waals surface area contributed by atoms with Crippen LogP contribution in [0.4, 0.5) is 13.2 Å². The van der Waals surface area contributed by atoms with E-state index in [0.717, 1.165) is 24.1 Å². The molecular formula is C18H27F3S. The van der Waals surface area contributed by atoms with Gasteiger partial charge in [-0.2, -0.15) is 24.9 Å². The molecule has 0 aliphatic rings. The molecule has 22 heavy (non-hydrogen) atoms. The summed E-state index contributed by atoms with van der Waals surface area (Å²) in [4.78, 5) is 0. The Morgan fingerprint density at radius 2 is 1.32 bits per heavy atom. The van der Waals surface area contributed by atoms with Crippen LogP contribution < -0.4 is 0 Å². The topological polar surface area (TPSA) is 0 Å². The molecule has 0 atom stereocenters. The molecule has 1 aromatic carbocycles. The molecule has 1 rings (SSSR count). The minimum absolute atomic E-state index is 0.175. The first-order chi connectivity index (χ1) is 9.83. The van der Waals surface area contributed by atoms with E-state index >= 15 is 0 Å². The van der Waals surface area contributed by atoms with Crippen LogP contribution in [0.1, 0.15) is 52.2 Å². The van der Waals surface area contributed by atoms with E-state index in [-0.39, 0.29) is 5.41 Å². The molecule has 4 heteroatoms. The molecule has 0 amide bonds. The van der Waals surface area contributed by atoms with Crippen molar-refractivity contribution in [3.8, 4) is 0 Å². The van der Waals surface area contributed by atoms with Crippen LogP contribution in [0.25, 0.3) is 0 Å². The first kappa shape index (κ1) is 21.1. The fourth-order valence-electron chi connectivity index (χ4n) is 1.59. The standard InChI is InChI=1S/C13H15F3.C5H12S/c1-4-9-12(2,3)10-5-7-11(8-6-10)13(14,15)16;1-5(2,3)6-4/h4-8H,1,9H2,2-3H3;1-4H3. The SMILES string of the molecule is C=CCC(C)(C)c1ccc(C(F)(F)F)cc1.CSC(C)(C)C. The van der Waals surface area contributed by atoms with Crippen molar-refractivity contribution in [2.75, 3.05) is 6.26 Å². The molecule has 0 spiro atoms. The van der Waals surface area contributed by atoms with Crippen LogP contribution in [-0.2, 0) is 11.6 Å². The highest BCUT2D eigenvalue weighted by Gasteiger charge is 2.30. The van der Waals surface area contributed by atoms with Gasteiger partial charge < -0.3 is 0 Å². The minimum atomic E-state index is -4.26. The number of alkyl halides is 3. The smallest absolute Gasteiger partial charge is 0.166 e. The van der Waals surface area contributed by atoms with Gasteiger partial charge >= 0.3 is 6.18 Å². The van der Waals surface area contributed by atoms with Gasteiger partial charge in [0.05, 0.1) is 5.56 Å². The molecule has 0 heterocycles. The molecule has 0 saturated heterocycles. The van der Waals surface area contributed by atoms with Crippen LogP contribution in [0.3, 0.4) is 0 Å². The van der Waals surface area contributed by atoms with E-state index in [2.05, 4.69) is 33.6 Å². The number of hydrogen-bond acceptors (Lipinski definition) is 1. The Morgan fingerprint density at radius 1 is 0.955 bits per heavy atom. The third-order valence-corrected chi connectivity index (χ3v) is 4.49. The summed E-state index contributed by atoms with van der Waals surface area (Å²) in [5.41, 5.74) is 0.109. The number of halogens is 3. The highest BCUT2D eigenvalue weighted by Crippen LogP contribution is 2.32. The maximum Gasteiger partial charge on any atom is 0.416 e. The van der Waals surface area contributed by atoms with Crippen molar-refractivity contribution in [3.05, 3.63) is 48.0 Å². The fraction of sp³-hybridized carbons (Fsp3) is 0.556. The zero-order chi connectivity index (χ0) is 17.6. The molecule has 0 aromatic heterocycles. The van der Waals surface area contributed by atoms with Crippen molar-refractivity contribution in [1.82, 2.24) is 0 Å². The van der Waals surface area contributed by atoms with E-state index in [9.17, 15) is 13.2 Å². The predicted octanol–water partition coefficient (Wildman–Crippen LogP) is 6.71. The maximum atomic E-state index is 12.3. The average molecular weight is 332 g/mol. The largest absolute Gasteiger partial charge is 0.416 e.